The van der Waals surface area contributed by atoms with Crippen LogP contribution in [-0.4, -0.2) is 15.9 Å². The summed E-state index contributed by atoms with van der Waals surface area (Å²) in [6.07, 6.45) is 4.32. The molecule has 5 heteroatoms. The summed E-state index contributed by atoms with van der Waals surface area (Å²) in [6, 6.07) is 9.34. The normalized spacial score (nSPS) is 12.3. The Hall–Kier alpha value is -2.66. The number of benzene rings is 1. The summed E-state index contributed by atoms with van der Waals surface area (Å²) in [7, 11) is 0. The third kappa shape index (κ3) is 2.96. The van der Waals surface area contributed by atoms with Gasteiger partial charge in [0.25, 0.3) is 5.91 Å². The van der Waals surface area contributed by atoms with Gasteiger partial charge in [-0.15, -0.1) is 0 Å². The van der Waals surface area contributed by atoms with Crippen LogP contribution in [-0.2, 0) is 6.42 Å². The number of nitrogens with zero attached hydrogens (tertiary/aromatic N) is 1. The fourth-order valence-corrected chi connectivity index (χ4v) is 2.76. The van der Waals surface area contributed by atoms with Crippen LogP contribution in [0.2, 0.25) is 0 Å². The monoisotopic (exact) mass is 308 g/mol. The molecule has 0 aliphatic rings. The van der Waals surface area contributed by atoms with Crippen molar-refractivity contribution in [2.45, 2.75) is 26.3 Å². The number of pyridine rings is 1. The van der Waals surface area contributed by atoms with E-state index in [0.717, 1.165) is 34.3 Å². The van der Waals surface area contributed by atoms with Gasteiger partial charge >= 0.3 is 0 Å². The molecule has 0 radical (unpaired) electrons. The standard InChI is InChI=1S/C18H20N4O/c1-3-12-10-13(4-5-14(12)11(2)19)18(23)22-16-7-9-21-17-15(16)6-8-20-17/h4-11H,3,19H2,1-2H3,(H2,20,21,22,23). The molecule has 23 heavy (non-hydrogen) atoms. The van der Waals surface area contributed by atoms with E-state index in [1.807, 2.05) is 31.2 Å². The van der Waals surface area contributed by atoms with Crippen molar-refractivity contribution < 1.29 is 4.79 Å². The summed E-state index contributed by atoms with van der Waals surface area (Å²) in [5, 5.41) is 3.85. The average molecular weight is 308 g/mol. The van der Waals surface area contributed by atoms with E-state index < -0.39 is 0 Å². The molecule has 0 fully saturated rings. The Balaban J connectivity index is 1.90. The van der Waals surface area contributed by atoms with Gasteiger partial charge in [0.2, 0.25) is 0 Å². The lowest BCUT2D eigenvalue weighted by atomic mass is 9.97. The number of aryl methyl sites for hydroxylation is 1. The quantitative estimate of drug-likeness (QED) is 0.690. The van der Waals surface area contributed by atoms with E-state index in [4.69, 9.17) is 5.73 Å². The van der Waals surface area contributed by atoms with E-state index in [1.165, 1.54) is 0 Å². The van der Waals surface area contributed by atoms with Gasteiger partial charge in [-0.25, -0.2) is 4.98 Å². The molecule has 0 saturated carbocycles. The van der Waals surface area contributed by atoms with E-state index >= 15 is 0 Å². The summed E-state index contributed by atoms with van der Waals surface area (Å²) < 4.78 is 0. The van der Waals surface area contributed by atoms with Gasteiger partial charge in [0.15, 0.2) is 0 Å². The molecule has 4 N–H and O–H groups in total. The maximum atomic E-state index is 12.6. The second kappa shape index (κ2) is 6.22. The number of carbonyl (C=O) groups is 1. The molecule has 1 amide bonds. The van der Waals surface area contributed by atoms with Crippen molar-refractivity contribution in [2.24, 2.45) is 5.73 Å². The van der Waals surface area contributed by atoms with Crippen LogP contribution in [0.1, 0.15) is 41.4 Å². The van der Waals surface area contributed by atoms with Gasteiger partial charge in [-0.3, -0.25) is 4.79 Å². The number of nitrogens with one attached hydrogen (secondary N) is 2. The number of aromatic amines is 1. The SMILES string of the molecule is CCc1cc(C(=O)Nc2ccnc3[nH]ccc23)ccc1C(C)N. The topological polar surface area (TPSA) is 83.8 Å². The van der Waals surface area contributed by atoms with Crippen LogP contribution in [0.25, 0.3) is 11.0 Å². The fourth-order valence-electron chi connectivity index (χ4n) is 2.76. The predicted molar refractivity (Wildman–Crippen MR) is 92.5 cm³/mol. The summed E-state index contributed by atoms with van der Waals surface area (Å²) in [6.45, 7) is 4.02. The van der Waals surface area contributed by atoms with Crippen LogP contribution in [0.4, 0.5) is 5.69 Å². The molecular formula is C18H20N4O. The Labute approximate surface area is 134 Å². The lowest BCUT2D eigenvalue weighted by Gasteiger charge is -2.13. The highest BCUT2D eigenvalue weighted by Crippen LogP contribution is 2.22. The van der Waals surface area contributed by atoms with Crippen LogP contribution in [0.5, 0.6) is 0 Å². The minimum Gasteiger partial charge on any atom is -0.346 e. The van der Waals surface area contributed by atoms with E-state index in [-0.39, 0.29) is 11.9 Å². The Bertz CT molecular complexity index is 851. The average Bonchev–Trinajstić information content (AvgIpc) is 3.03. The van der Waals surface area contributed by atoms with Gasteiger partial charge in [0.05, 0.1) is 5.69 Å². The van der Waals surface area contributed by atoms with Crippen LogP contribution in [0.3, 0.4) is 0 Å². The second-order valence-corrected chi connectivity index (χ2v) is 5.61. The Morgan fingerprint density at radius 3 is 2.91 bits per heavy atom. The zero-order chi connectivity index (χ0) is 16.4. The second-order valence-electron chi connectivity index (χ2n) is 5.61. The van der Waals surface area contributed by atoms with Crippen LogP contribution in [0, 0.1) is 0 Å². The number of anilines is 1. The first kappa shape index (κ1) is 15.2. The largest absolute Gasteiger partial charge is 0.346 e. The third-order valence-corrected chi connectivity index (χ3v) is 3.99. The van der Waals surface area contributed by atoms with Crippen molar-refractivity contribution in [3.8, 4) is 0 Å². The molecule has 2 heterocycles. The Morgan fingerprint density at radius 1 is 1.35 bits per heavy atom. The van der Waals surface area contributed by atoms with Gasteiger partial charge < -0.3 is 16.0 Å². The van der Waals surface area contributed by atoms with Crippen molar-refractivity contribution in [3.05, 3.63) is 59.4 Å². The van der Waals surface area contributed by atoms with Gasteiger partial charge in [-0.1, -0.05) is 13.0 Å². The Morgan fingerprint density at radius 2 is 2.17 bits per heavy atom. The highest BCUT2D eigenvalue weighted by atomic mass is 16.1. The molecule has 0 spiro atoms. The lowest BCUT2D eigenvalue weighted by Crippen LogP contribution is -2.14. The zero-order valence-electron chi connectivity index (χ0n) is 13.3. The van der Waals surface area contributed by atoms with Crippen molar-refractivity contribution in [1.82, 2.24) is 9.97 Å². The smallest absolute Gasteiger partial charge is 0.255 e. The Kier molecular flexibility index (Phi) is 4.12. The molecule has 1 atom stereocenters. The van der Waals surface area contributed by atoms with Crippen LogP contribution >= 0.6 is 0 Å². The number of hydrogen-bond acceptors (Lipinski definition) is 3. The van der Waals surface area contributed by atoms with E-state index in [1.54, 1.807) is 18.5 Å². The molecular weight excluding hydrogens is 288 g/mol. The zero-order valence-corrected chi connectivity index (χ0v) is 13.3. The molecule has 0 saturated heterocycles. The van der Waals surface area contributed by atoms with Crippen molar-refractivity contribution in [1.29, 1.82) is 0 Å². The van der Waals surface area contributed by atoms with Crippen LogP contribution < -0.4 is 11.1 Å². The summed E-state index contributed by atoms with van der Waals surface area (Å²) >= 11 is 0. The number of nitrogens with two attached hydrogens (primary N) is 1. The molecule has 118 valence electrons. The fraction of sp³-hybridized carbons (Fsp3) is 0.222. The third-order valence-electron chi connectivity index (χ3n) is 3.99. The molecule has 1 aromatic carbocycles. The number of rotatable bonds is 4. The van der Waals surface area contributed by atoms with Gasteiger partial charge in [0.1, 0.15) is 5.65 Å². The molecule has 0 aliphatic carbocycles. The minimum absolute atomic E-state index is 0.0401. The molecule has 3 rings (SSSR count). The number of fused-ring (bicyclic) bond motifs is 1. The van der Waals surface area contributed by atoms with Gasteiger partial charge in [-0.05, 0) is 48.7 Å². The van der Waals surface area contributed by atoms with Gasteiger partial charge in [0, 0.05) is 29.4 Å². The van der Waals surface area contributed by atoms with E-state index in [9.17, 15) is 4.79 Å². The number of H-pyrrole nitrogens is 1. The molecule has 0 bridgehead atoms. The highest BCUT2D eigenvalue weighted by Gasteiger charge is 2.12. The minimum atomic E-state index is -0.135. The summed E-state index contributed by atoms with van der Waals surface area (Å²) in [4.78, 5) is 19.8. The summed E-state index contributed by atoms with van der Waals surface area (Å²) in [5.41, 5.74) is 10.3. The molecule has 2 aromatic heterocycles. The van der Waals surface area contributed by atoms with Gasteiger partial charge in [-0.2, -0.15) is 0 Å². The predicted octanol–water partition coefficient (Wildman–Crippen LogP) is 3.40. The first-order valence-corrected chi connectivity index (χ1v) is 7.72. The van der Waals surface area contributed by atoms with Crippen molar-refractivity contribution >= 4 is 22.6 Å². The lowest BCUT2D eigenvalue weighted by molar-refractivity contribution is 0.102. The molecule has 5 nitrogen and oxygen atoms in total. The molecule has 3 aromatic rings. The number of aromatic nitrogens is 2. The van der Waals surface area contributed by atoms with E-state index in [0.29, 0.717) is 5.56 Å². The maximum Gasteiger partial charge on any atom is 0.255 e. The number of carbonyl (C=O) groups excluding carboxylic acids is 1. The molecule has 0 aliphatic heterocycles. The maximum absolute atomic E-state index is 12.6. The van der Waals surface area contributed by atoms with E-state index in [2.05, 4.69) is 22.2 Å². The summed E-state index contributed by atoms with van der Waals surface area (Å²) in [5.74, 6) is -0.135. The van der Waals surface area contributed by atoms with Crippen molar-refractivity contribution in [2.75, 3.05) is 5.32 Å². The highest BCUT2D eigenvalue weighted by molar-refractivity contribution is 6.08. The molecule has 1 unspecified atom stereocenters. The number of hydrogen-bond donors (Lipinski definition) is 3. The number of amides is 1. The first-order valence-electron chi connectivity index (χ1n) is 7.72. The van der Waals surface area contributed by atoms with Crippen LogP contribution in [0.15, 0.2) is 42.7 Å². The van der Waals surface area contributed by atoms with Crippen molar-refractivity contribution in [3.63, 3.8) is 0 Å². The first-order chi connectivity index (χ1) is 11.1.